The third-order valence-corrected chi connectivity index (χ3v) is 4.93. The molecule has 0 fully saturated rings. The zero-order valence-corrected chi connectivity index (χ0v) is 17.4. The zero-order chi connectivity index (χ0) is 20.8. The van der Waals surface area contributed by atoms with Crippen molar-refractivity contribution in [3.05, 3.63) is 81.2 Å². The number of rotatable bonds is 7. The fraction of sp³-hybridized carbons (Fsp3) is 0.261. The van der Waals surface area contributed by atoms with E-state index < -0.39 is 0 Å². The van der Waals surface area contributed by atoms with Crippen LogP contribution in [0.2, 0.25) is 5.02 Å². The number of hydrogen-bond donors (Lipinski definition) is 1. The van der Waals surface area contributed by atoms with Gasteiger partial charge in [0.05, 0.1) is 11.4 Å². The van der Waals surface area contributed by atoms with Gasteiger partial charge in [-0.3, -0.25) is 9.59 Å². The summed E-state index contributed by atoms with van der Waals surface area (Å²) in [5.41, 5.74) is 3.78. The van der Waals surface area contributed by atoms with Crippen LogP contribution < -0.4 is 10.9 Å². The number of aryl methyl sites for hydroxylation is 1. The molecule has 3 rings (SSSR count). The molecule has 1 heterocycles. The summed E-state index contributed by atoms with van der Waals surface area (Å²) in [6, 6.07) is 16.4. The van der Waals surface area contributed by atoms with Crippen LogP contribution in [0.5, 0.6) is 0 Å². The van der Waals surface area contributed by atoms with Crippen molar-refractivity contribution in [1.29, 1.82) is 0 Å². The number of amides is 1. The molecule has 0 aliphatic carbocycles. The van der Waals surface area contributed by atoms with Gasteiger partial charge in [0.2, 0.25) is 5.91 Å². The van der Waals surface area contributed by atoms with Crippen molar-refractivity contribution in [2.45, 2.75) is 39.7 Å². The Labute approximate surface area is 175 Å². The molecule has 150 valence electrons. The molecule has 1 aromatic heterocycles. The first-order valence-corrected chi connectivity index (χ1v) is 10.1. The summed E-state index contributed by atoms with van der Waals surface area (Å²) < 4.78 is 1.39. The van der Waals surface area contributed by atoms with Gasteiger partial charge in [-0.15, -0.1) is 0 Å². The summed E-state index contributed by atoms with van der Waals surface area (Å²) in [4.78, 5) is 24.6. The van der Waals surface area contributed by atoms with Gasteiger partial charge in [-0.05, 0) is 48.7 Å². The van der Waals surface area contributed by atoms with Gasteiger partial charge in [-0.25, -0.2) is 0 Å². The monoisotopic (exact) mass is 409 g/mol. The molecule has 1 N–H and O–H groups in total. The number of halogens is 1. The van der Waals surface area contributed by atoms with Gasteiger partial charge >= 0.3 is 0 Å². The number of hydrogen-bond acceptors (Lipinski definition) is 3. The van der Waals surface area contributed by atoms with E-state index in [1.807, 2.05) is 43.3 Å². The highest BCUT2D eigenvalue weighted by Crippen LogP contribution is 2.22. The first kappa shape index (κ1) is 20.8. The lowest BCUT2D eigenvalue weighted by atomic mass is 10.1. The molecule has 0 aliphatic heterocycles. The third kappa shape index (κ3) is 5.33. The summed E-state index contributed by atoms with van der Waals surface area (Å²) in [6.45, 7) is 4.35. The highest BCUT2D eigenvalue weighted by atomic mass is 35.5. The molecule has 0 aliphatic rings. The highest BCUT2D eigenvalue weighted by Gasteiger charge is 2.10. The van der Waals surface area contributed by atoms with Crippen LogP contribution in [0.3, 0.4) is 0 Å². The van der Waals surface area contributed by atoms with E-state index in [9.17, 15) is 9.59 Å². The minimum absolute atomic E-state index is 0.0377. The van der Waals surface area contributed by atoms with Crippen molar-refractivity contribution >= 4 is 17.5 Å². The Bertz CT molecular complexity index is 1060. The fourth-order valence-electron chi connectivity index (χ4n) is 3.07. The van der Waals surface area contributed by atoms with Crippen LogP contribution in [-0.4, -0.2) is 15.7 Å². The van der Waals surface area contributed by atoms with E-state index in [1.165, 1.54) is 4.68 Å². The summed E-state index contributed by atoms with van der Waals surface area (Å²) in [5.74, 6) is 0.0377. The van der Waals surface area contributed by atoms with Crippen molar-refractivity contribution in [2.75, 3.05) is 0 Å². The maximum atomic E-state index is 12.7. The predicted molar refractivity (Wildman–Crippen MR) is 116 cm³/mol. The predicted octanol–water partition coefficient (Wildman–Crippen LogP) is 4.67. The van der Waals surface area contributed by atoms with E-state index in [2.05, 4.69) is 17.3 Å². The molecular formula is C23H24ClN3O2. The molecule has 5 nitrogen and oxygen atoms in total. The lowest BCUT2D eigenvalue weighted by Gasteiger charge is -2.11. The Morgan fingerprint density at radius 1 is 1.14 bits per heavy atom. The second-order valence-electron chi connectivity index (χ2n) is 6.95. The van der Waals surface area contributed by atoms with Crippen LogP contribution in [0.4, 0.5) is 0 Å². The van der Waals surface area contributed by atoms with Crippen LogP contribution >= 0.6 is 11.6 Å². The van der Waals surface area contributed by atoms with Crippen LogP contribution in [0.25, 0.3) is 16.8 Å². The lowest BCUT2D eigenvalue weighted by molar-refractivity contribution is -0.121. The Balaban J connectivity index is 1.84. The summed E-state index contributed by atoms with van der Waals surface area (Å²) >= 11 is 5.95. The molecule has 0 spiro atoms. The van der Waals surface area contributed by atoms with Crippen molar-refractivity contribution < 1.29 is 4.79 Å². The van der Waals surface area contributed by atoms with E-state index in [0.29, 0.717) is 23.7 Å². The van der Waals surface area contributed by atoms with Gasteiger partial charge in [0.25, 0.3) is 5.56 Å². The molecule has 0 bridgehead atoms. The van der Waals surface area contributed by atoms with E-state index in [0.717, 1.165) is 35.2 Å². The Morgan fingerprint density at radius 3 is 2.62 bits per heavy atom. The van der Waals surface area contributed by atoms with Gasteiger partial charge in [0.1, 0.15) is 0 Å². The molecule has 0 atom stereocenters. The number of nitrogens with one attached hydrogen (secondary N) is 1. The normalized spacial score (nSPS) is 10.7. The smallest absolute Gasteiger partial charge is 0.272 e. The second kappa shape index (κ2) is 9.52. The lowest BCUT2D eigenvalue weighted by Crippen LogP contribution is -2.23. The maximum absolute atomic E-state index is 12.7. The van der Waals surface area contributed by atoms with E-state index in [1.54, 1.807) is 18.2 Å². The molecule has 2 aromatic carbocycles. The van der Waals surface area contributed by atoms with E-state index in [-0.39, 0.29) is 11.5 Å². The Hall–Kier alpha value is -2.92. The van der Waals surface area contributed by atoms with E-state index >= 15 is 0 Å². The number of benzene rings is 2. The molecule has 0 saturated heterocycles. The van der Waals surface area contributed by atoms with Gasteiger partial charge in [0.15, 0.2) is 0 Å². The van der Waals surface area contributed by atoms with Gasteiger partial charge in [-0.1, -0.05) is 49.2 Å². The number of unbranched alkanes of at least 4 members (excludes halogenated alkanes) is 1. The van der Waals surface area contributed by atoms with Crippen molar-refractivity contribution in [1.82, 2.24) is 15.1 Å². The van der Waals surface area contributed by atoms with Gasteiger partial charge in [-0.2, -0.15) is 9.78 Å². The van der Waals surface area contributed by atoms with Gasteiger partial charge in [0, 0.05) is 29.6 Å². The summed E-state index contributed by atoms with van der Waals surface area (Å²) in [5, 5.41) is 8.06. The standard InChI is InChI=1S/C23H24ClN3O2/c1-3-4-8-22(28)25-15-17-6-5-7-20(13-17)27-23(29)14-21(16(2)26-27)18-9-11-19(24)12-10-18/h5-7,9-14H,3-4,8,15H2,1-2H3,(H,25,28). The zero-order valence-electron chi connectivity index (χ0n) is 16.6. The van der Waals surface area contributed by atoms with Crippen molar-refractivity contribution in [3.8, 4) is 16.8 Å². The van der Waals surface area contributed by atoms with Crippen LogP contribution in [-0.2, 0) is 11.3 Å². The number of carbonyl (C=O) groups excluding carboxylic acids is 1. The Morgan fingerprint density at radius 2 is 1.90 bits per heavy atom. The number of nitrogens with zero attached hydrogens (tertiary/aromatic N) is 2. The minimum atomic E-state index is -0.218. The fourth-order valence-corrected chi connectivity index (χ4v) is 3.20. The van der Waals surface area contributed by atoms with Crippen LogP contribution in [0.15, 0.2) is 59.4 Å². The van der Waals surface area contributed by atoms with Crippen molar-refractivity contribution in [3.63, 3.8) is 0 Å². The average Bonchev–Trinajstić information content (AvgIpc) is 2.73. The molecule has 3 aromatic rings. The molecule has 29 heavy (non-hydrogen) atoms. The maximum Gasteiger partial charge on any atom is 0.272 e. The molecule has 1 amide bonds. The first-order chi connectivity index (χ1) is 14.0. The molecule has 0 saturated carbocycles. The van der Waals surface area contributed by atoms with E-state index in [4.69, 9.17) is 11.6 Å². The number of aromatic nitrogens is 2. The second-order valence-corrected chi connectivity index (χ2v) is 7.39. The minimum Gasteiger partial charge on any atom is -0.352 e. The van der Waals surface area contributed by atoms with Crippen molar-refractivity contribution in [2.24, 2.45) is 0 Å². The quantitative estimate of drug-likeness (QED) is 0.616. The van der Waals surface area contributed by atoms with Crippen LogP contribution in [0, 0.1) is 6.92 Å². The molecule has 6 heteroatoms. The summed E-state index contributed by atoms with van der Waals surface area (Å²) in [6.07, 6.45) is 2.40. The largest absolute Gasteiger partial charge is 0.352 e. The molecular weight excluding hydrogens is 386 g/mol. The van der Waals surface area contributed by atoms with Gasteiger partial charge < -0.3 is 5.32 Å². The van der Waals surface area contributed by atoms with Crippen LogP contribution in [0.1, 0.15) is 37.4 Å². The average molecular weight is 410 g/mol. The third-order valence-electron chi connectivity index (χ3n) is 4.67. The number of carbonyl (C=O) groups is 1. The molecule has 0 radical (unpaired) electrons. The first-order valence-electron chi connectivity index (χ1n) is 9.71. The SMILES string of the molecule is CCCCC(=O)NCc1cccc(-n2nc(C)c(-c3ccc(Cl)cc3)cc2=O)c1. The molecule has 0 unspecified atom stereocenters. The highest BCUT2D eigenvalue weighted by molar-refractivity contribution is 6.30. The Kier molecular flexibility index (Phi) is 6.83. The summed E-state index contributed by atoms with van der Waals surface area (Å²) in [7, 11) is 0. The topological polar surface area (TPSA) is 64.0 Å².